The highest BCUT2D eigenvalue weighted by atomic mass is 19.1. The van der Waals surface area contributed by atoms with Crippen LogP contribution in [0.25, 0.3) is 0 Å². The number of fused-ring (bicyclic) bond motifs is 1. The third-order valence-corrected chi connectivity index (χ3v) is 4.77. The fraction of sp³-hybridized carbons (Fsp3) is 0.643. The molecule has 2 aliphatic rings. The normalized spacial score (nSPS) is 31.2. The lowest BCUT2D eigenvalue weighted by molar-refractivity contribution is 0.0723. The van der Waals surface area contributed by atoms with E-state index in [1.54, 1.807) is 13.8 Å². The molecular weight excluding hydrogens is 275 g/mol. The summed E-state index contributed by atoms with van der Waals surface area (Å²) in [6.07, 6.45) is 1.73. The molecule has 2 fully saturated rings. The Morgan fingerprint density at radius 1 is 1.33 bits per heavy atom. The number of alkyl halides is 1. The number of aromatic nitrogens is 2. The summed E-state index contributed by atoms with van der Waals surface area (Å²) in [4.78, 5) is 30.9. The number of hydrogen-bond acceptors (Lipinski definition) is 4. The lowest BCUT2D eigenvalue weighted by atomic mass is 9.87. The summed E-state index contributed by atoms with van der Waals surface area (Å²) in [5, 5.41) is 5.74. The van der Waals surface area contributed by atoms with E-state index in [0.29, 0.717) is 30.8 Å². The van der Waals surface area contributed by atoms with Crippen molar-refractivity contribution < 1.29 is 9.18 Å². The van der Waals surface area contributed by atoms with Crippen LogP contribution in [0.2, 0.25) is 0 Å². The van der Waals surface area contributed by atoms with Crippen LogP contribution in [0.15, 0.2) is 4.79 Å². The van der Waals surface area contributed by atoms with E-state index in [1.165, 1.54) is 0 Å². The smallest absolute Gasteiger partial charge is 0.279 e. The third kappa shape index (κ3) is 2.07. The summed E-state index contributed by atoms with van der Waals surface area (Å²) < 4.78 is 14.9. The van der Waals surface area contributed by atoms with E-state index < -0.39 is 22.7 Å². The van der Waals surface area contributed by atoms with Gasteiger partial charge in [-0.3, -0.25) is 9.59 Å². The largest absolute Gasteiger partial charge is 0.341 e. The van der Waals surface area contributed by atoms with Gasteiger partial charge in [-0.1, -0.05) is 0 Å². The first-order valence-electron chi connectivity index (χ1n) is 7.17. The average molecular weight is 294 g/mol. The number of hydrogen-bond donors (Lipinski definition) is 3. The van der Waals surface area contributed by atoms with Crippen molar-refractivity contribution in [2.24, 2.45) is 0 Å². The maximum atomic E-state index is 14.9. The number of amides is 1. The molecule has 0 unspecified atom stereocenters. The van der Waals surface area contributed by atoms with E-state index in [1.807, 2.05) is 0 Å². The minimum Gasteiger partial charge on any atom is -0.341 e. The molecule has 21 heavy (non-hydrogen) atoms. The van der Waals surface area contributed by atoms with Crippen LogP contribution in [0.4, 0.5) is 4.39 Å². The highest BCUT2D eigenvalue weighted by Gasteiger charge is 2.60. The van der Waals surface area contributed by atoms with Gasteiger partial charge in [0.25, 0.3) is 11.5 Å². The van der Waals surface area contributed by atoms with E-state index in [4.69, 9.17) is 0 Å². The molecule has 0 radical (unpaired) electrons. The van der Waals surface area contributed by atoms with Crippen molar-refractivity contribution in [3.05, 3.63) is 27.4 Å². The summed E-state index contributed by atoms with van der Waals surface area (Å²) in [5.74, 6) is -0.605. The van der Waals surface area contributed by atoms with Crippen molar-refractivity contribution in [3.63, 3.8) is 0 Å². The van der Waals surface area contributed by atoms with Gasteiger partial charge in [-0.25, -0.2) is 9.37 Å². The van der Waals surface area contributed by atoms with Crippen molar-refractivity contribution in [1.29, 1.82) is 0 Å². The van der Waals surface area contributed by atoms with Gasteiger partial charge in [-0.2, -0.15) is 0 Å². The molecular formula is C14H19FN4O2. The molecule has 0 bridgehead atoms. The molecule has 1 aromatic rings. The van der Waals surface area contributed by atoms with Crippen LogP contribution >= 0.6 is 0 Å². The molecule has 2 atom stereocenters. The van der Waals surface area contributed by atoms with Crippen molar-refractivity contribution in [2.75, 3.05) is 13.1 Å². The number of rotatable bonds is 2. The monoisotopic (exact) mass is 294 g/mol. The van der Waals surface area contributed by atoms with E-state index in [9.17, 15) is 14.0 Å². The Kier molecular flexibility index (Phi) is 3.12. The van der Waals surface area contributed by atoms with E-state index in [0.717, 1.165) is 6.42 Å². The second kappa shape index (κ2) is 4.62. The highest BCUT2D eigenvalue weighted by Crippen LogP contribution is 2.44. The SMILES string of the molecule is Cc1nc(C(=O)N[C@]23CCC[C@@]2(F)CNC3)c(=O)[nH]c1C. The molecule has 1 amide bonds. The minimum absolute atomic E-state index is 0.200. The van der Waals surface area contributed by atoms with Gasteiger partial charge in [0, 0.05) is 18.8 Å². The standard InChI is InChI=1S/C14H19FN4O2/c1-8-9(2)18-11(20)10(17-8)12(21)19-14-5-3-4-13(14,15)6-16-7-14/h16H,3-7H2,1-2H3,(H,18,20)(H,19,21)/t13-,14+/m1/s1. The van der Waals surface area contributed by atoms with E-state index in [2.05, 4.69) is 20.6 Å². The van der Waals surface area contributed by atoms with Crippen molar-refractivity contribution in [1.82, 2.24) is 20.6 Å². The van der Waals surface area contributed by atoms with Gasteiger partial charge in [0.2, 0.25) is 0 Å². The topological polar surface area (TPSA) is 86.9 Å². The number of H-pyrrole nitrogens is 1. The lowest BCUT2D eigenvalue weighted by Gasteiger charge is -2.34. The average Bonchev–Trinajstić information content (AvgIpc) is 2.86. The van der Waals surface area contributed by atoms with Gasteiger partial charge in [0.15, 0.2) is 5.69 Å². The first-order chi connectivity index (χ1) is 9.87. The van der Waals surface area contributed by atoms with Crippen molar-refractivity contribution in [2.45, 2.75) is 44.3 Å². The molecule has 114 valence electrons. The number of carbonyl (C=O) groups excluding carboxylic acids is 1. The Labute approximate surface area is 121 Å². The minimum atomic E-state index is -1.44. The Morgan fingerprint density at radius 3 is 2.86 bits per heavy atom. The molecule has 0 aromatic carbocycles. The van der Waals surface area contributed by atoms with Gasteiger partial charge < -0.3 is 15.6 Å². The number of carbonyl (C=O) groups is 1. The first-order valence-corrected chi connectivity index (χ1v) is 7.17. The third-order valence-electron chi connectivity index (χ3n) is 4.77. The predicted molar refractivity (Wildman–Crippen MR) is 75.1 cm³/mol. The lowest BCUT2D eigenvalue weighted by Crippen LogP contribution is -2.59. The van der Waals surface area contributed by atoms with E-state index in [-0.39, 0.29) is 12.2 Å². The van der Waals surface area contributed by atoms with Crippen LogP contribution in [0.1, 0.15) is 41.1 Å². The quantitative estimate of drug-likeness (QED) is 0.734. The van der Waals surface area contributed by atoms with E-state index >= 15 is 0 Å². The molecule has 7 heteroatoms. The molecule has 1 saturated heterocycles. The second-order valence-corrected chi connectivity index (χ2v) is 6.08. The van der Waals surface area contributed by atoms with Crippen LogP contribution < -0.4 is 16.2 Å². The van der Waals surface area contributed by atoms with Crippen LogP contribution in [-0.2, 0) is 0 Å². The molecule has 1 saturated carbocycles. The number of aryl methyl sites for hydroxylation is 2. The zero-order valence-corrected chi connectivity index (χ0v) is 12.2. The van der Waals surface area contributed by atoms with Gasteiger partial charge >= 0.3 is 0 Å². The zero-order valence-electron chi connectivity index (χ0n) is 12.2. The number of halogens is 1. The fourth-order valence-corrected chi connectivity index (χ4v) is 3.38. The second-order valence-electron chi connectivity index (χ2n) is 6.08. The van der Waals surface area contributed by atoms with Gasteiger partial charge in [-0.15, -0.1) is 0 Å². The molecule has 3 rings (SSSR count). The molecule has 3 N–H and O–H groups in total. The van der Waals surface area contributed by atoms with Gasteiger partial charge in [0.05, 0.1) is 11.2 Å². The van der Waals surface area contributed by atoms with Crippen LogP contribution in [0, 0.1) is 13.8 Å². The summed E-state index contributed by atoms with van der Waals surface area (Å²) in [6, 6.07) is 0. The molecule has 0 spiro atoms. The molecule has 1 aliphatic carbocycles. The van der Waals surface area contributed by atoms with Crippen LogP contribution in [0.5, 0.6) is 0 Å². The van der Waals surface area contributed by atoms with Crippen molar-refractivity contribution in [3.8, 4) is 0 Å². The Morgan fingerprint density at radius 2 is 2.10 bits per heavy atom. The maximum absolute atomic E-state index is 14.9. The Balaban J connectivity index is 1.91. The fourth-order valence-electron chi connectivity index (χ4n) is 3.38. The zero-order chi connectivity index (χ0) is 15.3. The number of aromatic amines is 1. The first kappa shape index (κ1) is 14.2. The Bertz CT molecular complexity index is 645. The summed E-state index contributed by atoms with van der Waals surface area (Å²) in [7, 11) is 0. The van der Waals surface area contributed by atoms with Gasteiger partial charge in [0.1, 0.15) is 5.67 Å². The number of nitrogens with one attached hydrogen (secondary N) is 3. The molecule has 1 aromatic heterocycles. The molecule has 2 heterocycles. The number of nitrogens with zero attached hydrogens (tertiary/aromatic N) is 1. The highest BCUT2D eigenvalue weighted by molar-refractivity contribution is 5.92. The van der Waals surface area contributed by atoms with Crippen LogP contribution in [0.3, 0.4) is 0 Å². The van der Waals surface area contributed by atoms with Crippen molar-refractivity contribution >= 4 is 5.91 Å². The van der Waals surface area contributed by atoms with Crippen LogP contribution in [-0.4, -0.2) is 40.2 Å². The molecule has 6 nitrogen and oxygen atoms in total. The molecule has 1 aliphatic heterocycles. The maximum Gasteiger partial charge on any atom is 0.279 e. The predicted octanol–water partition coefficient (Wildman–Crippen LogP) is 0.351. The Hall–Kier alpha value is -1.76. The summed E-state index contributed by atoms with van der Waals surface area (Å²) in [5.41, 5.74) is -1.89. The van der Waals surface area contributed by atoms with Gasteiger partial charge in [-0.05, 0) is 33.1 Å². The summed E-state index contributed by atoms with van der Waals surface area (Å²) in [6.45, 7) is 4.06. The summed E-state index contributed by atoms with van der Waals surface area (Å²) >= 11 is 0.